The molecule has 1 aliphatic rings. The molecule has 174 valence electrons. The van der Waals surface area contributed by atoms with Crippen molar-refractivity contribution in [3.63, 3.8) is 0 Å². The number of hydrogen-bond donors (Lipinski definition) is 1. The maximum Gasteiger partial charge on any atom is 0.337 e. The van der Waals surface area contributed by atoms with E-state index in [9.17, 15) is 9.90 Å². The number of rotatable bonds is 5. The Balaban J connectivity index is 1.80. The number of fused-ring (bicyclic) bond motifs is 2. The molecular weight excluding hydrogens is 430 g/mol. The third-order valence-corrected chi connectivity index (χ3v) is 5.82. The Labute approximate surface area is 198 Å². The highest BCUT2D eigenvalue weighted by molar-refractivity contribution is 5.81. The predicted molar refractivity (Wildman–Crippen MR) is 129 cm³/mol. The van der Waals surface area contributed by atoms with Gasteiger partial charge in [-0.25, -0.2) is 14.3 Å². The molecule has 0 saturated heterocycles. The van der Waals surface area contributed by atoms with Gasteiger partial charge in [0.15, 0.2) is 11.8 Å². The van der Waals surface area contributed by atoms with E-state index < -0.39 is 17.7 Å². The van der Waals surface area contributed by atoms with E-state index in [0.717, 1.165) is 34.6 Å². The van der Waals surface area contributed by atoms with Crippen LogP contribution in [0.25, 0.3) is 28.2 Å². The van der Waals surface area contributed by atoms with Crippen molar-refractivity contribution in [3.8, 4) is 28.3 Å². The first-order valence-electron chi connectivity index (χ1n) is 11.3. The third-order valence-electron chi connectivity index (χ3n) is 5.82. The van der Waals surface area contributed by atoms with Gasteiger partial charge in [0.05, 0.1) is 23.6 Å². The van der Waals surface area contributed by atoms with Gasteiger partial charge < -0.3 is 14.6 Å². The number of carboxylic acids is 1. The van der Waals surface area contributed by atoms with Crippen molar-refractivity contribution in [2.75, 3.05) is 6.61 Å². The van der Waals surface area contributed by atoms with Gasteiger partial charge in [0.25, 0.3) is 0 Å². The molecule has 0 fully saturated rings. The zero-order valence-corrected chi connectivity index (χ0v) is 19.7. The van der Waals surface area contributed by atoms with E-state index in [1.54, 1.807) is 4.52 Å². The van der Waals surface area contributed by atoms with Crippen molar-refractivity contribution < 1.29 is 19.4 Å². The molecule has 0 spiro atoms. The lowest BCUT2D eigenvalue weighted by atomic mass is 9.97. The molecule has 3 heterocycles. The molecule has 7 nitrogen and oxygen atoms in total. The van der Waals surface area contributed by atoms with Gasteiger partial charge in [-0.3, -0.25) is 0 Å². The summed E-state index contributed by atoms with van der Waals surface area (Å²) in [5.41, 5.74) is 5.38. The molecule has 7 heteroatoms. The molecule has 4 aromatic rings. The summed E-state index contributed by atoms with van der Waals surface area (Å²) in [6.07, 6.45) is -0.401. The minimum absolute atomic E-state index is 0.497. The summed E-state index contributed by atoms with van der Waals surface area (Å²) in [4.78, 5) is 17.2. The summed E-state index contributed by atoms with van der Waals surface area (Å²) in [7, 11) is 0. The quantitative estimate of drug-likeness (QED) is 0.441. The maximum atomic E-state index is 12.5. The van der Waals surface area contributed by atoms with Crippen LogP contribution in [0, 0.1) is 6.92 Å². The van der Waals surface area contributed by atoms with Crippen LogP contribution in [-0.2, 0) is 16.0 Å². The first kappa shape index (κ1) is 22.1. The minimum atomic E-state index is -1.21. The van der Waals surface area contributed by atoms with Crippen LogP contribution in [0.4, 0.5) is 0 Å². The van der Waals surface area contributed by atoms with Gasteiger partial charge in [-0.05, 0) is 51.5 Å². The van der Waals surface area contributed by atoms with Crippen molar-refractivity contribution >= 4 is 11.6 Å². The summed E-state index contributed by atoms with van der Waals surface area (Å²) in [6.45, 7) is 8.00. The van der Waals surface area contributed by atoms with E-state index in [-0.39, 0.29) is 0 Å². The fourth-order valence-electron chi connectivity index (χ4n) is 4.39. The lowest BCUT2D eigenvalue weighted by Crippen LogP contribution is -2.29. The number of hydrogen-bond acceptors (Lipinski definition) is 5. The van der Waals surface area contributed by atoms with E-state index in [4.69, 9.17) is 19.6 Å². The minimum Gasteiger partial charge on any atom is -0.493 e. The summed E-state index contributed by atoms with van der Waals surface area (Å²) < 4.78 is 13.5. The molecule has 1 unspecified atom stereocenters. The summed E-state index contributed by atoms with van der Waals surface area (Å²) in [5.74, 6) is -0.209. The summed E-state index contributed by atoms with van der Waals surface area (Å²) in [5, 5.41) is 15.1. The zero-order chi connectivity index (χ0) is 24.0. The highest BCUT2D eigenvalue weighted by Crippen LogP contribution is 2.38. The fraction of sp³-hybridized carbons (Fsp3) is 0.296. The van der Waals surface area contributed by atoms with Gasteiger partial charge in [-0.1, -0.05) is 30.3 Å². The first-order chi connectivity index (χ1) is 16.2. The Hall–Kier alpha value is -3.71. The molecule has 0 saturated carbocycles. The van der Waals surface area contributed by atoms with Crippen LogP contribution in [0.5, 0.6) is 5.75 Å². The molecule has 2 aromatic heterocycles. The van der Waals surface area contributed by atoms with E-state index in [2.05, 4.69) is 6.07 Å². The second kappa shape index (κ2) is 8.25. The average Bonchev–Trinajstić information content (AvgIpc) is 3.43. The topological polar surface area (TPSA) is 86.0 Å². The Bertz CT molecular complexity index is 1390. The number of aryl methyl sites for hydroxylation is 1. The average molecular weight is 458 g/mol. The molecular formula is C27H27N3O4. The van der Waals surface area contributed by atoms with Crippen molar-refractivity contribution in [2.45, 2.75) is 45.8 Å². The van der Waals surface area contributed by atoms with Gasteiger partial charge in [-0.2, -0.15) is 5.10 Å². The van der Waals surface area contributed by atoms with Crippen LogP contribution >= 0.6 is 0 Å². The lowest BCUT2D eigenvalue weighted by molar-refractivity contribution is -0.160. The Morgan fingerprint density at radius 2 is 1.88 bits per heavy atom. The SMILES string of the molecule is Cc1nc2cc(-c3ccccc3)nn2c(-c2ccc3c(c2)CCO3)c1C(OC(C)(C)C)C(=O)O. The van der Waals surface area contributed by atoms with Gasteiger partial charge in [0, 0.05) is 34.9 Å². The number of carbonyl (C=O) groups is 1. The van der Waals surface area contributed by atoms with Crippen LogP contribution in [-0.4, -0.2) is 37.9 Å². The molecule has 34 heavy (non-hydrogen) atoms. The zero-order valence-electron chi connectivity index (χ0n) is 19.7. The lowest BCUT2D eigenvalue weighted by Gasteiger charge is -2.27. The monoisotopic (exact) mass is 457 g/mol. The summed E-state index contributed by atoms with van der Waals surface area (Å²) in [6, 6.07) is 17.7. The van der Waals surface area contributed by atoms with E-state index >= 15 is 0 Å². The second-order valence-corrected chi connectivity index (χ2v) is 9.49. The molecule has 0 amide bonds. The third kappa shape index (κ3) is 4.03. The molecule has 1 aliphatic heterocycles. The van der Waals surface area contributed by atoms with Crippen molar-refractivity contribution in [3.05, 3.63) is 71.4 Å². The predicted octanol–water partition coefficient (Wildman–Crippen LogP) is 5.25. The van der Waals surface area contributed by atoms with E-state index in [1.807, 2.05) is 76.2 Å². The molecule has 0 aliphatic carbocycles. The van der Waals surface area contributed by atoms with Crippen molar-refractivity contribution in [1.29, 1.82) is 0 Å². The standard InChI is InChI=1S/C27H27N3O4/c1-16-23(25(26(31)32)34-27(2,3)4)24(19-10-11-21-18(14-19)12-13-33-21)30-22(28-16)15-20(29-30)17-8-6-5-7-9-17/h5-11,14-15,25H,12-13H2,1-4H3,(H,31,32). The number of benzene rings is 2. The first-order valence-corrected chi connectivity index (χ1v) is 11.3. The Morgan fingerprint density at radius 1 is 1.12 bits per heavy atom. The smallest absolute Gasteiger partial charge is 0.337 e. The van der Waals surface area contributed by atoms with Gasteiger partial charge in [0.2, 0.25) is 0 Å². The Morgan fingerprint density at radius 3 is 2.59 bits per heavy atom. The van der Waals surface area contributed by atoms with Crippen LogP contribution in [0.2, 0.25) is 0 Å². The van der Waals surface area contributed by atoms with Crippen LogP contribution in [0.15, 0.2) is 54.6 Å². The van der Waals surface area contributed by atoms with Gasteiger partial charge in [0.1, 0.15) is 5.75 Å². The second-order valence-electron chi connectivity index (χ2n) is 9.49. The number of aromatic nitrogens is 3. The maximum absolute atomic E-state index is 12.5. The van der Waals surface area contributed by atoms with Gasteiger partial charge >= 0.3 is 5.97 Å². The molecule has 5 rings (SSSR count). The van der Waals surface area contributed by atoms with Crippen molar-refractivity contribution in [1.82, 2.24) is 14.6 Å². The fourth-order valence-corrected chi connectivity index (χ4v) is 4.39. The van der Waals surface area contributed by atoms with Crippen LogP contribution < -0.4 is 4.74 Å². The number of carboxylic acid groups (broad SMARTS) is 1. The highest BCUT2D eigenvalue weighted by atomic mass is 16.5. The van der Waals surface area contributed by atoms with Crippen LogP contribution in [0.1, 0.15) is 43.7 Å². The molecule has 1 atom stereocenters. The number of nitrogens with zero attached hydrogens (tertiary/aromatic N) is 3. The van der Waals surface area contributed by atoms with Gasteiger partial charge in [-0.15, -0.1) is 0 Å². The number of aliphatic carboxylic acids is 1. The van der Waals surface area contributed by atoms with Crippen LogP contribution in [0.3, 0.4) is 0 Å². The van der Waals surface area contributed by atoms with Crippen molar-refractivity contribution in [2.24, 2.45) is 0 Å². The van der Waals surface area contributed by atoms with E-state index in [0.29, 0.717) is 29.2 Å². The largest absolute Gasteiger partial charge is 0.493 e. The normalized spacial score (nSPS) is 14.1. The molecule has 2 aromatic carbocycles. The molecule has 0 radical (unpaired) electrons. The van der Waals surface area contributed by atoms with E-state index in [1.165, 1.54) is 0 Å². The number of ether oxygens (including phenoxy) is 2. The summed E-state index contributed by atoms with van der Waals surface area (Å²) >= 11 is 0. The molecule has 1 N–H and O–H groups in total. The highest BCUT2D eigenvalue weighted by Gasteiger charge is 2.33. The molecule has 0 bridgehead atoms. The Kier molecular flexibility index (Phi) is 5.37.